The first-order valence-electron chi connectivity index (χ1n) is 5.88. The van der Waals surface area contributed by atoms with Crippen molar-refractivity contribution in [3.63, 3.8) is 0 Å². The minimum absolute atomic E-state index is 0.0435. The van der Waals surface area contributed by atoms with Crippen LogP contribution in [-0.2, 0) is 4.79 Å². The van der Waals surface area contributed by atoms with Crippen LogP contribution in [0, 0.1) is 5.92 Å². The minimum Gasteiger partial charge on any atom is -0.493 e. The summed E-state index contributed by atoms with van der Waals surface area (Å²) in [5.41, 5.74) is 0.779. The van der Waals surface area contributed by atoms with Gasteiger partial charge in [0, 0.05) is 18.1 Å². The first kappa shape index (κ1) is 13.6. The van der Waals surface area contributed by atoms with Gasteiger partial charge in [0.1, 0.15) is 0 Å². The lowest BCUT2D eigenvalue weighted by Gasteiger charge is -2.05. The van der Waals surface area contributed by atoms with Crippen LogP contribution in [0.4, 0.5) is 5.13 Å². The van der Waals surface area contributed by atoms with Crippen LogP contribution in [0.25, 0.3) is 10.2 Å². The van der Waals surface area contributed by atoms with Crippen molar-refractivity contribution in [3.05, 3.63) is 12.1 Å². The molecule has 0 unspecified atom stereocenters. The van der Waals surface area contributed by atoms with Gasteiger partial charge in [-0.3, -0.25) is 4.79 Å². The summed E-state index contributed by atoms with van der Waals surface area (Å²) in [6.45, 7) is 3.68. The Kier molecular flexibility index (Phi) is 3.90. The molecule has 0 saturated carbocycles. The number of thiazole rings is 1. The molecule has 0 aliphatic carbocycles. The number of amides is 1. The van der Waals surface area contributed by atoms with E-state index in [1.54, 1.807) is 20.3 Å². The molecule has 2 aromatic rings. The first-order chi connectivity index (χ1) is 9.05. The third-order valence-corrected chi connectivity index (χ3v) is 3.58. The Labute approximate surface area is 115 Å². The normalized spacial score (nSPS) is 10.8. The van der Waals surface area contributed by atoms with E-state index in [0.29, 0.717) is 16.6 Å². The van der Waals surface area contributed by atoms with Crippen molar-refractivity contribution in [1.29, 1.82) is 0 Å². The van der Waals surface area contributed by atoms with Crippen molar-refractivity contribution in [2.45, 2.75) is 13.8 Å². The van der Waals surface area contributed by atoms with Gasteiger partial charge in [0.15, 0.2) is 16.6 Å². The van der Waals surface area contributed by atoms with Crippen LogP contribution in [0.3, 0.4) is 0 Å². The molecule has 5 nitrogen and oxygen atoms in total. The number of nitrogens with one attached hydrogen (secondary N) is 1. The van der Waals surface area contributed by atoms with Gasteiger partial charge in [-0.15, -0.1) is 0 Å². The van der Waals surface area contributed by atoms with Gasteiger partial charge < -0.3 is 14.8 Å². The number of aromatic nitrogens is 1. The maximum Gasteiger partial charge on any atom is 0.228 e. The summed E-state index contributed by atoms with van der Waals surface area (Å²) in [7, 11) is 3.17. The summed E-state index contributed by atoms with van der Waals surface area (Å²) in [5.74, 6) is 1.16. The standard InChI is InChI=1S/C13H16N2O3S/c1-7(2)12(16)15-13-14-8-5-9(17-3)10(18-4)6-11(8)19-13/h5-7H,1-4H3,(H,14,15,16). The number of methoxy groups -OCH3 is 2. The second-order valence-electron chi connectivity index (χ2n) is 4.34. The van der Waals surface area contributed by atoms with Gasteiger partial charge in [0.05, 0.1) is 24.4 Å². The highest BCUT2D eigenvalue weighted by atomic mass is 32.1. The molecule has 1 aromatic heterocycles. The summed E-state index contributed by atoms with van der Waals surface area (Å²) in [6, 6.07) is 3.66. The zero-order chi connectivity index (χ0) is 14.0. The van der Waals surface area contributed by atoms with E-state index in [4.69, 9.17) is 9.47 Å². The van der Waals surface area contributed by atoms with Crippen molar-refractivity contribution >= 4 is 32.6 Å². The maximum atomic E-state index is 11.6. The molecule has 0 radical (unpaired) electrons. The molecule has 19 heavy (non-hydrogen) atoms. The van der Waals surface area contributed by atoms with Crippen molar-refractivity contribution in [1.82, 2.24) is 4.98 Å². The summed E-state index contributed by atoms with van der Waals surface area (Å²) in [5, 5.41) is 3.38. The van der Waals surface area contributed by atoms with Crippen LogP contribution in [0.5, 0.6) is 11.5 Å². The molecular formula is C13H16N2O3S. The molecule has 0 atom stereocenters. The van der Waals surface area contributed by atoms with Gasteiger partial charge >= 0.3 is 0 Å². The van der Waals surface area contributed by atoms with Gasteiger partial charge in [-0.05, 0) is 0 Å². The fourth-order valence-corrected chi connectivity index (χ4v) is 2.44. The molecular weight excluding hydrogens is 264 g/mol. The van der Waals surface area contributed by atoms with E-state index in [9.17, 15) is 4.79 Å². The Hall–Kier alpha value is -1.82. The molecule has 0 aliphatic heterocycles. The Bertz CT molecular complexity index is 566. The third kappa shape index (κ3) is 2.78. The average Bonchev–Trinajstić information content (AvgIpc) is 2.77. The lowest BCUT2D eigenvalue weighted by atomic mass is 10.2. The molecule has 6 heteroatoms. The van der Waals surface area contributed by atoms with Crippen molar-refractivity contribution in [2.24, 2.45) is 5.92 Å². The molecule has 1 amide bonds. The number of benzene rings is 1. The van der Waals surface area contributed by atoms with Gasteiger partial charge in [0.2, 0.25) is 5.91 Å². The van der Waals surface area contributed by atoms with E-state index in [0.717, 1.165) is 10.2 Å². The zero-order valence-corrected chi connectivity index (χ0v) is 12.1. The largest absolute Gasteiger partial charge is 0.493 e. The van der Waals surface area contributed by atoms with Gasteiger partial charge in [0.25, 0.3) is 0 Å². The smallest absolute Gasteiger partial charge is 0.228 e. The van der Waals surface area contributed by atoms with Crippen LogP contribution in [-0.4, -0.2) is 25.1 Å². The molecule has 1 N–H and O–H groups in total. The predicted molar refractivity (Wildman–Crippen MR) is 76.2 cm³/mol. The number of nitrogens with zero attached hydrogens (tertiary/aromatic N) is 1. The number of ether oxygens (including phenoxy) is 2. The first-order valence-corrected chi connectivity index (χ1v) is 6.70. The number of fused-ring (bicyclic) bond motifs is 1. The molecule has 0 spiro atoms. The topological polar surface area (TPSA) is 60.5 Å². The van der Waals surface area contributed by atoms with E-state index < -0.39 is 0 Å². The number of carbonyl (C=O) groups is 1. The van der Waals surface area contributed by atoms with Crippen molar-refractivity contribution in [3.8, 4) is 11.5 Å². The maximum absolute atomic E-state index is 11.6. The molecule has 1 aromatic carbocycles. The summed E-state index contributed by atoms with van der Waals surface area (Å²) < 4.78 is 11.4. The lowest BCUT2D eigenvalue weighted by Crippen LogP contribution is -2.17. The van der Waals surface area contributed by atoms with Crippen LogP contribution >= 0.6 is 11.3 Å². The van der Waals surface area contributed by atoms with Crippen molar-refractivity contribution < 1.29 is 14.3 Å². The highest BCUT2D eigenvalue weighted by Gasteiger charge is 2.13. The average molecular weight is 280 g/mol. The van der Waals surface area contributed by atoms with E-state index in [2.05, 4.69) is 10.3 Å². The van der Waals surface area contributed by atoms with Crippen molar-refractivity contribution in [2.75, 3.05) is 19.5 Å². The van der Waals surface area contributed by atoms with Crippen LogP contribution < -0.4 is 14.8 Å². The quantitative estimate of drug-likeness (QED) is 0.935. The number of anilines is 1. The highest BCUT2D eigenvalue weighted by Crippen LogP contribution is 2.36. The summed E-state index contributed by atoms with van der Waals surface area (Å²) in [6.07, 6.45) is 0. The molecule has 102 valence electrons. The molecule has 0 saturated heterocycles. The van der Waals surface area contributed by atoms with E-state index in [1.165, 1.54) is 11.3 Å². The fraction of sp³-hybridized carbons (Fsp3) is 0.385. The fourth-order valence-electron chi connectivity index (χ4n) is 1.56. The van der Waals surface area contributed by atoms with Gasteiger partial charge in [-0.2, -0.15) is 0 Å². The van der Waals surface area contributed by atoms with Crippen LogP contribution in [0.2, 0.25) is 0 Å². The highest BCUT2D eigenvalue weighted by molar-refractivity contribution is 7.22. The van der Waals surface area contributed by atoms with E-state index in [-0.39, 0.29) is 11.8 Å². The molecule has 1 heterocycles. The van der Waals surface area contributed by atoms with Crippen LogP contribution in [0.1, 0.15) is 13.8 Å². The molecule has 0 fully saturated rings. The zero-order valence-electron chi connectivity index (χ0n) is 11.3. The summed E-state index contributed by atoms with van der Waals surface area (Å²) in [4.78, 5) is 16.0. The Balaban J connectivity index is 2.37. The Morgan fingerprint density at radius 3 is 2.47 bits per heavy atom. The number of hydrogen-bond acceptors (Lipinski definition) is 5. The minimum atomic E-state index is -0.0731. The molecule has 2 rings (SSSR count). The molecule has 0 bridgehead atoms. The monoisotopic (exact) mass is 280 g/mol. The number of rotatable bonds is 4. The van der Waals surface area contributed by atoms with E-state index >= 15 is 0 Å². The van der Waals surface area contributed by atoms with Crippen LogP contribution in [0.15, 0.2) is 12.1 Å². The Morgan fingerprint density at radius 1 is 1.26 bits per heavy atom. The predicted octanol–water partition coefficient (Wildman–Crippen LogP) is 2.91. The van der Waals surface area contributed by atoms with Gasteiger partial charge in [-0.25, -0.2) is 4.98 Å². The second-order valence-corrected chi connectivity index (χ2v) is 5.37. The lowest BCUT2D eigenvalue weighted by molar-refractivity contribution is -0.118. The number of hydrogen-bond donors (Lipinski definition) is 1. The van der Waals surface area contributed by atoms with Gasteiger partial charge in [-0.1, -0.05) is 25.2 Å². The Morgan fingerprint density at radius 2 is 1.89 bits per heavy atom. The number of carbonyl (C=O) groups excluding carboxylic acids is 1. The SMILES string of the molecule is COc1cc2nc(NC(=O)C(C)C)sc2cc1OC. The molecule has 0 aliphatic rings. The summed E-state index contributed by atoms with van der Waals surface area (Å²) >= 11 is 1.41. The van der Waals surface area contributed by atoms with E-state index in [1.807, 2.05) is 19.9 Å². The third-order valence-electron chi connectivity index (χ3n) is 2.65. The second kappa shape index (κ2) is 5.44.